The number of nitrogens with one attached hydrogen (secondary N) is 1. The van der Waals surface area contributed by atoms with Gasteiger partial charge in [0.2, 0.25) is 0 Å². The van der Waals surface area contributed by atoms with Gasteiger partial charge in [0.25, 0.3) is 5.91 Å². The van der Waals surface area contributed by atoms with Gasteiger partial charge in [0.15, 0.2) is 6.17 Å². The van der Waals surface area contributed by atoms with Gasteiger partial charge in [-0.05, 0) is 36.8 Å². The van der Waals surface area contributed by atoms with Crippen LogP contribution in [0.4, 0.5) is 10.1 Å². The number of carbonyl (C=O) groups is 1. The SMILES string of the molecule is Cc1cccc2c1NC(=O)C(N)N=C2c1ccc(F)cc1. The van der Waals surface area contributed by atoms with Gasteiger partial charge in [-0.2, -0.15) is 0 Å². The number of carbonyl (C=O) groups excluding carboxylic acids is 1. The van der Waals surface area contributed by atoms with Crippen LogP contribution in [0.1, 0.15) is 16.7 Å². The largest absolute Gasteiger partial charge is 0.322 e. The predicted octanol–water partition coefficient (Wildman–Crippen LogP) is 2.21. The zero-order valence-corrected chi connectivity index (χ0v) is 11.4. The van der Waals surface area contributed by atoms with Crippen molar-refractivity contribution >= 4 is 17.3 Å². The van der Waals surface area contributed by atoms with E-state index < -0.39 is 6.17 Å². The molecule has 21 heavy (non-hydrogen) atoms. The van der Waals surface area contributed by atoms with Crippen molar-refractivity contribution in [3.63, 3.8) is 0 Å². The van der Waals surface area contributed by atoms with Gasteiger partial charge in [-0.25, -0.2) is 4.39 Å². The molecule has 0 saturated heterocycles. The highest BCUT2D eigenvalue weighted by atomic mass is 19.1. The standard InChI is InChI=1S/C16H14FN3O/c1-9-3-2-4-12-13(9)20-16(21)15(18)19-14(12)10-5-7-11(17)8-6-10/h2-8,15H,18H2,1H3,(H,20,21). The second-order valence-electron chi connectivity index (χ2n) is 4.92. The Morgan fingerprint density at radius 2 is 1.90 bits per heavy atom. The van der Waals surface area contributed by atoms with Gasteiger partial charge in [-0.15, -0.1) is 0 Å². The number of benzodiazepines with no additional fused rings is 1. The number of para-hydroxylation sites is 1. The van der Waals surface area contributed by atoms with Crippen LogP contribution in [-0.2, 0) is 4.79 Å². The van der Waals surface area contributed by atoms with E-state index in [0.29, 0.717) is 11.4 Å². The lowest BCUT2D eigenvalue weighted by Gasteiger charge is -2.12. The Bertz CT molecular complexity index is 738. The maximum atomic E-state index is 13.1. The van der Waals surface area contributed by atoms with Gasteiger partial charge in [-0.3, -0.25) is 9.79 Å². The van der Waals surface area contributed by atoms with E-state index in [4.69, 9.17) is 5.73 Å². The lowest BCUT2D eigenvalue weighted by molar-refractivity contribution is -0.117. The Kier molecular flexibility index (Phi) is 3.27. The normalized spacial score (nSPS) is 17.6. The highest BCUT2D eigenvalue weighted by Crippen LogP contribution is 2.26. The van der Waals surface area contributed by atoms with Crippen molar-refractivity contribution in [2.75, 3.05) is 5.32 Å². The van der Waals surface area contributed by atoms with E-state index in [1.54, 1.807) is 12.1 Å². The molecule has 1 amide bonds. The number of nitrogens with two attached hydrogens (primary N) is 1. The molecule has 0 saturated carbocycles. The number of fused-ring (bicyclic) bond motifs is 1. The summed E-state index contributed by atoms with van der Waals surface area (Å²) in [5, 5.41) is 2.80. The molecular weight excluding hydrogens is 269 g/mol. The van der Waals surface area contributed by atoms with Crippen LogP contribution < -0.4 is 11.1 Å². The summed E-state index contributed by atoms with van der Waals surface area (Å²) in [5.74, 6) is -0.682. The van der Waals surface area contributed by atoms with Crippen molar-refractivity contribution in [1.82, 2.24) is 0 Å². The molecule has 2 aromatic carbocycles. The molecule has 0 bridgehead atoms. The number of aliphatic imine (C=N–C) groups is 1. The summed E-state index contributed by atoms with van der Waals surface area (Å²) >= 11 is 0. The molecule has 1 atom stereocenters. The first kappa shape index (κ1) is 13.5. The number of nitrogens with zero attached hydrogens (tertiary/aromatic N) is 1. The fourth-order valence-corrected chi connectivity index (χ4v) is 2.33. The third-order valence-electron chi connectivity index (χ3n) is 3.43. The van der Waals surface area contributed by atoms with E-state index in [1.807, 2.05) is 25.1 Å². The summed E-state index contributed by atoms with van der Waals surface area (Å²) in [6.07, 6.45) is -0.989. The Labute approximate surface area is 121 Å². The molecule has 3 rings (SSSR count). The van der Waals surface area contributed by atoms with Crippen LogP contribution in [0.25, 0.3) is 0 Å². The van der Waals surface area contributed by atoms with Crippen LogP contribution in [0.3, 0.4) is 0 Å². The van der Waals surface area contributed by atoms with Gasteiger partial charge >= 0.3 is 0 Å². The maximum Gasteiger partial charge on any atom is 0.263 e. The van der Waals surface area contributed by atoms with E-state index in [9.17, 15) is 9.18 Å². The van der Waals surface area contributed by atoms with Crippen LogP contribution in [0.15, 0.2) is 47.5 Å². The van der Waals surface area contributed by atoms with E-state index in [1.165, 1.54) is 12.1 Å². The van der Waals surface area contributed by atoms with Crippen molar-refractivity contribution < 1.29 is 9.18 Å². The highest BCUT2D eigenvalue weighted by Gasteiger charge is 2.23. The van der Waals surface area contributed by atoms with Crippen molar-refractivity contribution in [2.45, 2.75) is 13.1 Å². The zero-order chi connectivity index (χ0) is 15.0. The van der Waals surface area contributed by atoms with Gasteiger partial charge in [0.05, 0.1) is 11.4 Å². The topological polar surface area (TPSA) is 67.5 Å². The summed E-state index contributed by atoms with van der Waals surface area (Å²) in [6, 6.07) is 11.6. The molecule has 2 aromatic rings. The van der Waals surface area contributed by atoms with E-state index in [-0.39, 0.29) is 11.7 Å². The molecule has 1 heterocycles. The van der Waals surface area contributed by atoms with Crippen molar-refractivity contribution in [3.05, 3.63) is 65.0 Å². The van der Waals surface area contributed by atoms with Gasteiger partial charge in [-0.1, -0.05) is 18.2 Å². The molecule has 106 valence electrons. The Hall–Kier alpha value is -2.53. The third-order valence-corrected chi connectivity index (χ3v) is 3.43. The van der Waals surface area contributed by atoms with Gasteiger partial charge < -0.3 is 11.1 Å². The number of halogens is 1. The number of anilines is 1. The number of amides is 1. The maximum absolute atomic E-state index is 13.1. The average Bonchev–Trinajstić information content (AvgIpc) is 2.59. The fourth-order valence-electron chi connectivity index (χ4n) is 2.33. The van der Waals surface area contributed by atoms with E-state index >= 15 is 0 Å². The van der Waals surface area contributed by atoms with Crippen LogP contribution in [0, 0.1) is 12.7 Å². The first-order chi connectivity index (χ1) is 10.1. The molecule has 4 nitrogen and oxygen atoms in total. The smallest absolute Gasteiger partial charge is 0.263 e. The number of hydrogen-bond donors (Lipinski definition) is 2. The summed E-state index contributed by atoms with van der Waals surface area (Å²) < 4.78 is 13.1. The summed E-state index contributed by atoms with van der Waals surface area (Å²) in [7, 11) is 0. The average molecular weight is 283 g/mol. The second kappa shape index (κ2) is 5.10. The number of aryl methyl sites for hydroxylation is 1. The van der Waals surface area contributed by atoms with E-state index in [0.717, 1.165) is 16.7 Å². The Morgan fingerprint density at radius 1 is 1.19 bits per heavy atom. The van der Waals surface area contributed by atoms with Crippen molar-refractivity contribution in [2.24, 2.45) is 10.7 Å². The summed E-state index contributed by atoms with van der Waals surface area (Å²) in [4.78, 5) is 16.3. The van der Waals surface area contributed by atoms with Crippen LogP contribution >= 0.6 is 0 Å². The minimum atomic E-state index is -0.989. The molecular formula is C16H14FN3O. The predicted molar refractivity (Wildman–Crippen MR) is 79.8 cm³/mol. The molecule has 3 N–H and O–H groups in total. The first-order valence-electron chi connectivity index (χ1n) is 6.56. The molecule has 1 aliphatic rings. The molecule has 1 unspecified atom stereocenters. The molecule has 0 radical (unpaired) electrons. The minimum absolute atomic E-state index is 0.323. The van der Waals surface area contributed by atoms with Gasteiger partial charge in [0, 0.05) is 11.1 Å². The molecule has 0 aromatic heterocycles. The van der Waals surface area contributed by atoms with Crippen LogP contribution in [0.5, 0.6) is 0 Å². The monoisotopic (exact) mass is 283 g/mol. The Morgan fingerprint density at radius 3 is 2.62 bits per heavy atom. The summed E-state index contributed by atoms with van der Waals surface area (Å²) in [6.45, 7) is 1.90. The van der Waals surface area contributed by atoms with Crippen molar-refractivity contribution in [1.29, 1.82) is 0 Å². The molecule has 1 aliphatic heterocycles. The zero-order valence-electron chi connectivity index (χ0n) is 11.4. The number of hydrogen-bond acceptors (Lipinski definition) is 3. The second-order valence-corrected chi connectivity index (χ2v) is 4.92. The van der Waals surface area contributed by atoms with Crippen LogP contribution in [-0.4, -0.2) is 17.8 Å². The number of benzene rings is 2. The quantitative estimate of drug-likeness (QED) is 0.842. The lowest BCUT2D eigenvalue weighted by Crippen LogP contribution is -2.33. The summed E-state index contributed by atoms with van der Waals surface area (Å²) in [5.41, 5.74) is 9.49. The molecule has 0 aliphatic carbocycles. The molecule has 0 spiro atoms. The third kappa shape index (κ3) is 2.43. The van der Waals surface area contributed by atoms with E-state index in [2.05, 4.69) is 10.3 Å². The first-order valence-corrected chi connectivity index (χ1v) is 6.56. The molecule has 0 fully saturated rings. The number of rotatable bonds is 1. The lowest BCUT2D eigenvalue weighted by atomic mass is 9.98. The van der Waals surface area contributed by atoms with Gasteiger partial charge in [0.1, 0.15) is 5.82 Å². The highest BCUT2D eigenvalue weighted by molar-refractivity contribution is 6.19. The van der Waals surface area contributed by atoms with Crippen molar-refractivity contribution in [3.8, 4) is 0 Å². The Balaban J connectivity index is 2.22. The fraction of sp³-hybridized carbons (Fsp3) is 0.125. The van der Waals surface area contributed by atoms with Crippen LogP contribution in [0.2, 0.25) is 0 Å². The molecule has 5 heteroatoms. The minimum Gasteiger partial charge on any atom is -0.322 e.